The second-order valence-corrected chi connectivity index (χ2v) is 6.58. The van der Waals surface area contributed by atoms with Crippen LogP contribution in [0.3, 0.4) is 0 Å². The summed E-state index contributed by atoms with van der Waals surface area (Å²) < 4.78 is 25.6. The lowest BCUT2D eigenvalue weighted by Gasteiger charge is -2.20. The van der Waals surface area contributed by atoms with E-state index in [1.807, 2.05) is 13.8 Å². The van der Waals surface area contributed by atoms with Crippen LogP contribution < -0.4 is 21.5 Å². The number of nitrogens with two attached hydrogens (primary N) is 2. The molecule has 0 fully saturated rings. The van der Waals surface area contributed by atoms with Crippen LogP contribution in [0.15, 0.2) is 23.1 Å². The Morgan fingerprint density at radius 1 is 1.30 bits per heavy atom. The Kier molecular flexibility index (Phi) is 4.96. The van der Waals surface area contributed by atoms with E-state index in [2.05, 4.69) is 10.0 Å². The smallest absolute Gasteiger partial charge is 0.242 e. The number of nitrogens with one attached hydrogen (secondary N) is 2. The molecule has 0 heterocycles. The van der Waals surface area contributed by atoms with Crippen molar-refractivity contribution in [2.24, 2.45) is 11.7 Å². The topological polar surface area (TPSA) is 127 Å². The summed E-state index contributed by atoms with van der Waals surface area (Å²) in [5, 5.41) is 2.95. The first-order valence-corrected chi connectivity index (χ1v) is 7.56. The van der Waals surface area contributed by atoms with Gasteiger partial charge in [-0.05, 0) is 31.2 Å². The van der Waals surface area contributed by atoms with Gasteiger partial charge in [-0.15, -0.1) is 0 Å². The highest BCUT2D eigenvalue weighted by molar-refractivity contribution is 7.89. The van der Waals surface area contributed by atoms with E-state index >= 15 is 0 Å². The van der Waals surface area contributed by atoms with E-state index in [0.717, 1.165) is 0 Å². The molecule has 0 bridgehead atoms. The summed E-state index contributed by atoms with van der Waals surface area (Å²) in [6.45, 7) is 3.71. The predicted molar refractivity (Wildman–Crippen MR) is 78.5 cm³/mol. The highest BCUT2D eigenvalue weighted by Crippen LogP contribution is 2.23. The van der Waals surface area contributed by atoms with Crippen LogP contribution in [0.2, 0.25) is 0 Å². The van der Waals surface area contributed by atoms with Crippen molar-refractivity contribution in [1.29, 1.82) is 0 Å². The van der Waals surface area contributed by atoms with E-state index in [0.29, 0.717) is 5.69 Å². The molecule has 6 N–H and O–H groups in total. The van der Waals surface area contributed by atoms with Crippen molar-refractivity contribution in [3.05, 3.63) is 18.2 Å². The number of primary amides is 1. The number of nitrogen functional groups attached to an aromatic ring is 1. The first-order chi connectivity index (χ1) is 9.19. The highest BCUT2D eigenvalue weighted by Gasteiger charge is 2.20. The summed E-state index contributed by atoms with van der Waals surface area (Å²) in [6, 6.07) is 3.82. The molecule has 8 heteroatoms. The number of hydrogen-bond acceptors (Lipinski definition) is 5. The average Bonchev–Trinajstić information content (AvgIpc) is 2.34. The Bertz CT molecular complexity index is 599. The van der Waals surface area contributed by atoms with Crippen LogP contribution in [0.1, 0.15) is 13.8 Å². The van der Waals surface area contributed by atoms with Gasteiger partial charge < -0.3 is 16.8 Å². The maximum absolute atomic E-state index is 11.7. The number of amides is 1. The van der Waals surface area contributed by atoms with Gasteiger partial charge in [-0.2, -0.15) is 0 Å². The van der Waals surface area contributed by atoms with Gasteiger partial charge in [0.2, 0.25) is 15.9 Å². The average molecular weight is 300 g/mol. The molecule has 1 amide bonds. The second kappa shape index (κ2) is 6.10. The second-order valence-electron chi connectivity index (χ2n) is 4.73. The van der Waals surface area contributed by atoms with Crippen molar-refractivity contribution in [2.45, 2.75) is 24.8 Å². The van der Waals surface area contributed by atoms with Crippen LogP contribution in [-0.2, 0) is 14.8 Å². The fraction of sp³-hybridized carbons (Fsp3) is 0.417. The normalized spacial score (nSPS) is 13.2. The molecule has 1 rings (SSSR count). The Hall–Kier alpha value is -1.80. The number of carbonyl (C=O) groups excluding carboxylic acids is 1. The van der Waals surface area contributed by atoms with Crippen molar-refractivity contribution in [2.75, 3.05) is 18.1 Å². The molecule has 0 aliphatic rings. The van der Waals surface area contributed by atoms with Gasteiger partial charge in [0.05, 0.1) is 5.69 Å². The molecule has 0 saturated heterocycles. The molecule has 1 atom stereocenters. The van der Waals surface area contributed by atoms with E-state index in [-0.39, 0.29) is 16.5 Å². The van der Waals surface area contributed by atoms with Gasteiger partial charge in [-0.25, -0.2) is 13.1 Å². The molecule has 0 aromatic heterocycles. The van der Waals surface area contributed by atoms with E-state index in [1.165, 1.54) is 19.2 Å². The maximum atomic E-state index is 11.7. The molecule has 7 nitrogen and oxygen atoms in total. The highest BCUT2D eigenvalue weighted by atomic mass is 32.2. The molecular formula is C12H20N4O3S. The Labute approximate surface area is 118 Å². The Morgan fingerprint density at radius 3 is 2.30 bits per heavy atom. The Morgan fingerprint density at radius 2 is 1.90 bits per heavy atom. The van der Waals surface area contributed by atoms with E-state index < -0.39 is 22.0 Å². The summed E-state index contributed by atoms with van der Waals surface area (Å²) in [4.78, 5) is 11.3. The summed E-state index contributed by atoms with van der Waals surface area (Å²) in [6.07, 6.45) is 0. The molecule has 0 spiro atoms. The molecule has 0 aliphatic heterocycles. The first kappa shape index (κ1) is 16.3. The summed E-state index contributed by atoms with van der Waals surface area (Å²) >= 11 is 0. The maximum Gasteiger partial charge on any atom is 0.242 e. The van der Waals surface area contributed by atoms with Crippen LogP contribution in [0.25, 0.3) is 0 Å². The van der Waals surface area contributed by atoms with Gasteiger partial charge in [0, 0.05) is 5.69 Å². The third-order valence-corrected chi connectivity index (χ3v) is 4.35. The third kappa shape index (κ3) is 3.61. The first-order valence-electron chi connectivity index (χ1n) is 6.08. The molecule has 0 saturated carbocycles. The van der Waals surface area contributed by atoms with Crippen molar-refractivity contribution in [1.82, 2.24) is 4.72 Å². The van der Waals surface area contributed by atoms with E-state index in [4.69, 9.17) is 11.5 Å². The quantitative estimate of drug-likeness (QED) is 0.554. The molecule has 20 heavy (non-hydrogen) atoms. The standard InChI is InChI=1S/C12H20N4O3S/c1-7(2)11(12(14)17)16-8-4-5-10(9(13)6-8)20(18,19)15-3/h4-7,11,15-16H,13H2,1-3H3,(H2,14,17). The molecular weight excluding hydrogens is 280 g/mol. The van der Waals surface area contributed by atoms with Crippen molar-refractivity contribution >= 4 is 27.3 Å². The number of carbonyl (C=O) groups is 1. The minimum atomic E-state index is -3.60. The lowest BCUT2D eigenvalue weighted by molar-refractivity contribution is -0.119. The summed E-state index contributed by atoms with van der Waals surface area (Å²) in [5.41, 5.74) is 11.7. The van der Waals surface area contributed by atoms with Gasteiger partial charge in [0.15, 0.2) is 0 Å². The van der Waals surface area contributed by atoms with Crippen LogP contribution >= 0.6 is 0 Å². The fourth-order valence-electron chi connectivity index (χ4n) is 1.74. The van der Waals surface area contributed by atoms with Gasteiger partial charge in [0.25, 0.3) is 0 Å². The third-order valence-electron chi connectivity index (χ3n) is 2.86. The largest absolute Gasteiger partial charge is 0.398 e. The molecule has 1 unspecified atom stereocenters. The Balaban J connectivity index is 3.07. The van der Waals surface area contributed by atoms with Gasteiger partial charge >= 0.3 is 0 Å². The number of rotatable bonds is 6. The molecule has 1 aromatic carbocycles. The zero-order valence-corrected chi connectivity index (χ0v) is 12.5. The van der Waals surface area contributed by atoms with Crippen molar-refractivity contribution in [3.8, 4) is 0 Å². The number of sulfonamides is 1. The minimum Gasteiger partial charge on any atom is -0.398 e. The lowest BCUT2D eigenvalue weighted by Crippen LogP contribution is -2.39. The minimum absolute atomic E-state index is 0.00515. The molecule has 1 aromatic rings. The van der Waals surface area contributed by atoms with Crippen molar-refractivity contribution < 1.29 is 13.2 Å². The summed E-state index contributed by atoms with van der Waals surface area (Å²) in [5.74, 6) is -0.486. The van der Waals surface area contributed by atoms with Gasteiger partial charge in [-0.3, -0.25) is 4.79 Å². The SMILES string of the molecule is CNS(=O)(=O)c1ccc(NC(C(N)=O)C(C)C)cc1N. The van der Waals surface area contributed by atoms with Crippen LogP contribution in [0, 0.1) is 5.92 Å². The lowest BCUT2D eigenvalue weighted by atomic mass is 10.0. The van der Waals surface area contributed by atoms with Crippen LogP contribution in [0.4, 0.5) is 11.4 Å². The number of anilines is 2. The molecule has 0 radical (unpaired) electrons. The van der Waals surface area contributed by atoms with Crippen molar-refractivity contribution in [3.63, 3.8) is 0 Å². The zero-order chi connectivity index (χ0) is 15.5. The van der Waals surface area contributed by atoms with E-state index in [9.17, 15) is 13.2 Å². The van der Waals surface area contributed by atoms with Gasteiger partial charge in [-0.1, -0.05) is 13.8 Å². The monoisotopic (exact) mass is 300 g/mol. The number of benzene rings is 1. The molecule has 112 valence electrons. The van der Waals surface area contributed by atoms with E-state index in [1.54, 1.807) is 6.07 Å². The predicted octanol–water partition coefficient (Wildman–Crippen LogP) is 0.0987. The van der Waals surface area contributed by atoms with Crippen LogP contribution in [0.5, 0.6) is 0 Å². The summed E-state index contributed by atoms with van der Waals surface area (Å²) in [7, 11) is -2.29. The molecule has 0 aliphatic carbocycles. The van der Waals surface area contributed by atoms with Gasteiger partial charge in [0.1, 0.15) is 10.9 Å². The number of hydrogen-bond donors (Lipinski definition) is 4. The zero-order valence-electron chi connectivity index (χ0n) is 11.7. The fourth-order valence-corrected chi connectivity index (χ4v) is 2.58. The van der Waals surface area contributed by atoms with Crippen LogP contribution in [-0.4, -0.2) is 27.4 Å².